The number of H-pyrrole nitrogens is 2. The molecule has 0 unspecified atom stereocenters. The summed E-state index contributed by atoms with van der Waals surface area (Å²) in [5, 5.41) is 18.9. The third-order valence-electron chi connectivity index (χ3n) is 3.72. The zero-order valence-corrected chi connectivity index (χ0v) is 15.4. The Labute approximate surface area is 162 Å². The minimum absolute atomic E-state index is 0.00660. The Morgan fingerprint density at radius 1 is 1.25 bits per heavy atom. The van der Waals surface area contributed by atoms with E-state index in [0.717, 1.165) is 4.68 Å². The number of hydrogen-bond donors (Lipinski definition) is 2. The smallest absolute Gasteiger partial charge is 0.349 e. The normalized spacial score (nSPS) is 10.7. The first-order valence-electron chi connectivity index (χ1n) is 8.01. The highest BCUT2D eigenvalue weighted by atomic mass is 35.5. The maximum absolute atomic E-state index is 12.0. The number of hydrogen-bond acceptors (Lipinski definition) is 7. The molecule has 11 heteroatoms. The summed E-state index contributed by atoms with van der Waals surface area (Å²) in [5.41, 5.74) is -1.79. The molecule has 0 saturated heterocycles. The minimum Gasteiger partial charge on any atom is -0.437 e. The molecule has 0 spiro atoms. The fourth-order valence-electron chi connectivity index (χ4n) is 2.37. The van der Waals surface area contributed by atoms with Gasteiger partial charge < -0.3 is 4.74 Å². The number of aromatic amines is 2. The molecular formula is C17H13ClN6O4. The Balaban J connectivity index is 2.01. The van der Waals surface area contributed by atoms with E-state index >= 15 is 0 Å². The van der Waals surface area contributed by atoms with E-state index in [2.05, 4.69) is 15.3 Å². The van der Waals surface area contributed by atoms with Crippen molar-refractivity contribution in [3.8, 4) is 23.4 Å². The largest absolute Gasteiger partial charge is 0.437 e. The second-order valence-corrected chi connectivity index (χ2v) is 6.40. The molecule has 0 radical (unpaired) electrons. The van der Waals surface area contributed by atoms with Crippen LogP contribution in [0.4, 0.5) is 0 Å². The van der Waals surface area contributed by atoms with Gasteiger partial charge in [-0.15, -0.1) is 10.2 Å². The van der Waals surface area contributed by atoms with Gasteiger partial charge in [0, 0.05) is 17.7 Å². The second-order valence-electron chi connectivity index (χ2n) is 5.99. The van der Waals surface area contributed by atoms with Gasteiger partial charge in [-0.25, -0.2) is 9.89 Å². The highest BCUT2D eigenvalue weighted by Gasteiger charge is 2.15. The van der Waals surface area contributed by atoms with Crippen LogP contribution in [0.5, 0.6) is 11.6 Å². The van der Waals surface area contributed by atoms with Crippen molar-refractivity contribution in [2.75, 3.05) is 0 Å². The van der Waals surface area contributed by atoms with Crippen LogP contribution in [0.15, 0.2) is 38.6 Å². The average molecular weight is 401 g/mol. The van der Waals surface area contributed by atoms with Crippen molar-refractivity contribution in [1.82, 2.24) is 25.0 Å². The highest BCUT2D eigenvalue weighted by molar-refractivity contribution is 6.32. The quantitative estimate of drug-likeness (QED) is 0.673. The van der Waals surface area contributed by atoms with Crippen LogP contribution in [0.2, 0.25) is 5.02 Å². The fraction of sp³-hybridized carbons (Fsp3) is 0.176. The summed E-state index contributed by atoms with van der Waals surface area (Å²) in [6, 6.07) is 7.35. The van der Waals surface area contributed by atoms with Crippen molar-refractivity contribution in [2.45, 2.75) is 19.8 Å². The van der Waals surface area contributed by atoms with E-state index in [1.54, 1.807) is 6.07 Å². The van der Waals surface area contributed by atoms with Gasteiger partial charge in [0.15, 0.2) is 0 Å². The lowest BCUT2D eigenvalue weighted by Gasteiger charge is -2.13. The number of benzene rings is 1. The molecule has 3 aromatic rings. The number of rotatable bonds is 4. The van der Waals surface area contributed by atoms with Crippen LogP contribution in [0, 0.1) is 11.3 Å². The van der Waals surface area contributed by atoms with Gasteiger partial charge >= 0.3 is 5.69 Å². The lowest BCUT2D eigenvalue weighted by atomic mass is 10.1. The van der Waals surface area contributed by atoms with Crippen molar-refractivity contribution in [1.29, 1.82) is 5.26 Å². The number of nitrogens with zero attached hydrogens (tertiary/aromatic N) is 4. The number of nitriles is 1. The molecule has 2 heterocycles. The summed E-state index contributed by atoms with van der Waals surface area (Å²) in [5.74, 6) is 0.505. The highest BCUT2D eigenvalue weighted by Crippen LogP contribution is 2.30. The Kier molecular flexibility index (Phi) is 5.10. The molecule has 0 amide bonds. The first-order valence-corrected chi connectivity index (χ1v) is 8.39. The number of halogens is 1. The third-order valence-corrected chi connectivity index (χ3v) is 4.02. The number of ether oxygens (including phenoxy) is 1. The van der Waals surface area contributed by atoms with Gasteiger partial charge in [-0.05, 0) is 18.1 Å². The summed E-state index contributed by atoms with van der Waals surface area (Å²) >= 11 is 6.23. The predicted molar refractivity (Wildman–Crippen MR) is 99.2 cm³/mol. The van der Waals surface area contributed by atoms with Gasteiger partial charge in [0.1, 0.15) is 11.8 Å². The molecule has 0 fully saturated rings. The molecule has 0 aliphatic carbocycles. The average Bonchev–Trinajstić information content (AvgIpc) is 2.64. The van der Waals surface area contributed by atoms with E-state index in [1.165, 1.54) is 24.3 Å². The third kappa shape index (κ3) is 3.70. The second kappa shape index (κ2) is 7.50. The van der Waals surface area contributed by atoms with Crippen LogP contribution >= 0.6 is 11.6 Å². The first kappa shape index (κ1) is 19.1. The van der Waals surface area contributed by atoms with Crippen LogP contribution in [0.1, 0.15) is 31.0 Å². The molecule has 2 aromatic heterocycles. The Bertz CT molecular complexity index is 1270. The van der Waals surface area contributed by atoms with Gasteiger partial charge in [0.25, 0.3) is 11.1 Å². The Morgan fingerprint density at radius 3 is 2.64 bits per heavy atom. The molecule has 0 saturated carbocycles. The van der Waals surface area contributed by atoms with E-state index in [4.69, 9.17) is 21.6 Å². The summed E-state index contributed by atoms with van der Waals surface area (Å²) < 4.78 is 6.52. The zero-order chi connectivity index (χ0) is 20.4. The lowest BCUT2D eigenvalue weighted by Crippen LogP contribution is -2.33. The van der Waals surface area contributed by atoms with Crippen LogP contribution in [0.25, 0.3) is 5.69 Å². The molecule has 10 nitrogen and oxygen atoms in total. The van der Waals surface area contributed by atoms with Crippen molar-refractivity contribution >= 4 is 11.6 Å². The van der Waals surface area contributed by atoms with E-state index < -0.39 is 16.9 Å². The Hall–Kier alpha value is -3.71. The van der Waals surface area contributed by atoms with Gasteiger partial charge in [-0.1, -0.05) is 25.4 Å². The Morgan fingerprint density at radius 2 is 2.00 bits per heavy atom. The summed E-state index contributed by atoms with van der Waals surface area (Å²) in [7, 11) is 0. The summed E-state index contributed by atoms with van der Waals surface area (Å²) in [6.07, 6.45) is 0. The molecule has 0 aliphatic heterocycles. The van der Waals surface area contributed by atoms with Gasteiger partial charge in [-0.2, -0.15) is 9.94 Å². The van der Waals surface area contributed by atoms with Gasteiger partial charge in [-0.3, -0.25) is 14.6 Å². The maximum atomic E-state index is 12.0. The number of aromatic nitrogens is 5. The molecule has 2 N–H and O–H groups in total. The molecule has 0 aliphatic rings. The maximum Gasteiger partial charge on any atom is 0.349 e. The van der Waals surface area contributed by atoms with Crippen LogP contribution in [-0.2, 0) is 0 Å². The number of nitrogens with one attached hydrogen (secondary N) is 2. The predicted octanol–water partition coefficient (Wildman–Crippen LogP) is 1.44. The topological polar surface area (TPSA) is 147 Å². The zero-order valence-electron chi connectivity index (χ0n) is 14.7. The van der Waals surface area contributed by atoms with E-state index in [1.807, 2.05) is 18.8 Å². The van der Waals surface area contributed by atoms with Crippen LogP contribution in [-0.4, -0.2) is 25.0 Å². The fourth-order valence-corrected chi connectivity index (χ4v) is 2.62. The molecule has 28 heavy (non-hydrogen) atoms. The van der Waals surface area contributed by atoms with Crippen molar-refractivity contribution < 1.29 is 4.74 Å². The first-order chi connectivity index (χ1) is 13.3. The SMILES string of the molecule is CC(C)c1cc(=O)[nH]nc1Oc1ccc(-n2nc(C#N)c(=O)[nH]c2=O)c(Cl)c1. The van der Waals surface area contributed by atoms with Gasteiger partial charge in [0.2, 0.25) is 11.6 Å². The van der Waals surface area contributed by atoms with Crippen molar-refractivity contribution in [3.05, 3.63) is 71.7 Å². The molecule has 3 rings (SSSR count). The summed E-state index contributed by atoms with van der Waals surface area (Å²) in [4.78, 5) is 36.9. The standard InChI is InChI=1S/C17H13ClN6O4/c1-8(2)10-6-14(25)21-22-16(10)28-9-3-4-13(11(18)5-9)24-17(27)20-15(26)12(7-19)23-24/h3-6,8H,1-2H3,(H,21,25)(H,20,26,27). The van der Waals surface area contributed by atoms with Crippen molar-refractivity contribution in [2.24, 2.45) is 0 Å². The van der Waals surface area contributed by atoms with E-state index in [0.29, 0.717) is 11.3 Å². The molecule has 0 atom stereocenters. The van der Waals surface area contributed by atoms with Gasteiger partial charge in [0.05, 0.1) is 10.7 Å². The lowest BCUT2D eigenvalue weighted by molar-refractivity contribution is 0.444. The van der Waals surface area contributed by atoms with E-state index in [-0.39, 0.29) is 28.1 Å². The monoisotopic (exact) mass is 400 g/mol. The van der Waals surface area contributed by atoms with Crippen LogP contribution < -0.4 is 21.5 Å². The van der Waals surface area contributed by atoms with Crippen LogP contribution in [0.3, 0.4) is 0 Å². The molecule has 0 bridgehead atoms. The summed E-state index contributed by atoms with van der Waals surface area (Å²) in [6.45, 7) is 3.78. The van der Waals surface area contributed by atoms with E-state index in [9.17, 15) is 14.4 Å². The minimum atomic E-state index is -0.884. The molecular weight excluding hydrogens is 388 g/mol. The molecule has 142 valence electrons. The van der Waals surface area contributed by atoms with Crippen molar-refractivity contribution in [3.63, 3.8) is 0 Å². The molecule has 1 aromatic carbocycles.